The van der Waals surface area contributed by atoms with Crippen molar-refractivity contribution in [2.75, 3.05) is 14.2 Å². The molecule has 1 aliphatic rings. The normalized spacial score (nSPS) is 16.3. The number of hydrogen-bond acceptors (Lipinski definition) is 4. The van der Waals surface area contributed by atoms with Gasteiger partial charge in [-0.25, -0.2) is 9.97 Å². The van der Waals surface area contributed by atoms with E-state index in [1.165, 1.54) is 30.4 Å². The Morgan fingerprint density at radius 2 is 1.95 bits per heavy atom. The van der Waals surface area contributed by atoms with Gasteiger partial charge in [0.05, 0.1) is 18.8 Å². The predicted molar refractivity (Wildman–Crippen MR) is 82.5 cm³/mol. The molecule has 0 amide bonds. The van der Waals surface area contributed by atoms with E-state index in [4.69, 9.17) is 4.74 Å². The van der Waals surface area contributed by atoms with Gasteiger partial charge in [0.25, 0.3) is 0 Å². The molecule has 1 N–H and O–H groups in total. The number of nitrogens with zero attached hydrogens (tertiary/aromatic N) is 2. The topological polar surface area (TPSA) is 47.0 Å². The molecule has 21 heavy (non-hydrogen) atoms. The number of nitrogens with one attached hydrogen (secondary N) is 1. The van der Waals surface area contributed by atoms with Crippen molar-refractivity contribution in [2.24, 2.45) is 0 Å². The van der Waals surface area contributed by atoms with E-state index in [0.717, 1.165) is 11.6 Å². The van der Waals surface area contributed by atoms with Crippen LogP contribution in [0.25, 0.3) is 0 Å². The Bertz CT molecular complexity index is 593. The summed E-state index contributed by atoms with van der Waals surface area (Å²) in [5.74, 6) is 1.36. The number of aromatic nitrogens is 2. The molecule has 1 fully saturated rings. The zero-order chi connectivity index (χ0) is 14.7. The highest BCUT2D eigenvalue weighted by atomic mass is 16.5. The van der Waals surface area contributed by atoms with Crippen LogP contribution < -0.4 is 10.1 Å². The van der Waals surface area contributed by atoms with Gasteiger partial charge in [0.15, 0.2) is 0 Å². The fourth-order valence-electron chi connectivity index (χ4n) is 2.81. The van der Waals surface area contributed by atoms with Crippen LogP contribution in [0.15, 0.2) is 36.7 Å². The summed E-state index contributed by atoms with van der Waals surface area (Å²) in [7, 11) is 3.56. The van der Waals surface area contributed by atoms with E-state index in [1.807, 2.05) is 13.1 Å². The van der Waals surface area contributed by atoms with Crippen molar-refractivity contribution < 1.29 is 4.74 Å². The second-order valence-corrected chi connectivity index (χ2v) is 5.50. The monoisotopic (exact) mass is 283 g/mol. The van der Waals surface area contributed by atoms with Crippen LogP contribution in [-0.4, -0.2) is 24.1 Å². The lowest BCUT2D eigenvalue weighted by molar-refractivity contribution is 0.395. The van der Waals surface area contributed by atoms with Crippen LogP contribution in [0.2, 0.25) is 0 Å². The van der Waals surface area contributed by atoms with Gasteiger partial charge in [-0.2, -0.15) is 0 Å². The minimum atomic E-state index is 0.0531. The zero-order valence-corrected chi connectivity index (χ0v) is 12.5. The van der Waals surface area contributed by atoms with Crippen LogP contribution >= 0.6 is 0 Å². The third-order valence-corrected chi connectivity index (χ3v) is 4.30. The van der Waals surface area contributed by atoms with Crippen molar-refractivity contribution in [1.82, 2.24) is 15.3 Å². The number of benzene rings is 1. The molecule has 0 radical (unpaired) electrons. The van der Waals surface area contributed by atoms with Crippen molar-refractivity contribution in [3.05, 3.63) is 53.5 Å². The SMILES string of the molecule is CNC(c1ccc(C2CCC2)cc1)c1cc(OC)ncn1. The van der Waals surface area contributed by atoms with Gasteiger partial charge >= 0.3 is 0 Å². The Kier molecular flexibility index (Phi) is 4.15. The van der Waals surface area contributed by atoms with Crippen LogP contribution in [0.1, 0.15) is 48.0 Å². The van der Waals surface area contributed by atoms with E-state index >= 15 is 0 Å². The highest BCUT2D eigenvalue weighted by Crippen LogP contribution is 2.36. The zero-order valence-electron chi connectivity index (χ0n) is 12.5. The molecule has 1 heterocycles. The molecular formula is C17H21N3O. The maximum Gasteiger partial charge on any atom is 0.216 e. The van der Waals surface area contributed by atoms with Crippen LogP contribution in [0, 0.1) is 0 Å². The summed E-state index contributed by atoms with van der Waals surface area (Å²) in [5, 5.41) is 3.32. The number of methoxy groups -OCH3 is 1. The number of ether oxygens (including phenoxy) is 1. The van der Waals surface area contributed by atoms with E-state index in [2.05, 4.69) is 39.6 Å². The summed E-state index contributed by atoms with van der Waals surface area (Å²) >= 11 is 0. The van der Waals surface area contributed by atoms with E-state index in [9.17, 15) is 0 Å². The van der Waals surface area contributed by atoms with Crippen LogP contribution in [-0.2, 0) is 0 Å². The van der Waals surface area contributed by atoms with E-state index in [1.54, 1.807) is 13.4 Å². The maximum atomic E-state index is 5.18. The van der Waals surface area contributed by atoms with Gasteiger partial charge < -0.3 is 10.1 Å². The molecule has 0 saturated heterocycles. The highest BCUT2D eigenvalue weighted by Gasteiger charge is 2.20. The molecule has 1 unspecified atom stereocenters. The quantitative estimate of drug-likeness (QED) is 0.916. The summed E-state index contributed by atoms with van der Waals surface area (Å²) in [6.07, 6.45) is 5.57. The highest BCUT2D eigenvalue weighted by molar-refractivity contribution is 5.33. The van der Waals surface area contributed by atoms with Gasteiger partial charge in [-0.3, -0.25) is 0 Å². The summed E-state index contributed by atoms with van der Waals surface area (Å²) < 4.78 is 5.18. The first-order valence-electron chi connectivity index (χ1n) is 7.45. The van der Waals surface area contributed by atoms with Crippen LogP contribution in [0.4, 0.5) is 0 Å². The van der Waals surface area contributed by atoms with Gasteiger partial charge in [0, 0.05) is 6.07 Å². The molecule has 4 nitrogen and oxygen atoms in total. The van der Waals surface area contributed by atoms with Gasteiger partial charge in [0.2, 0.25) is 5.88 Å². The van der Waals surface area contributed by atoms with E-state index < -0.39 is 0 Å². The molecule has 2 aromatic rings. The van der Waals surface area contributed by atoms with Crippen LogP contribution in [0.3, 0.4) is 0 Å². The molecular weight excluding hydrogens is 262 g/mol. The Hall–Kier alpha value is -1.94. The van der Waals surface area contributed by atoms with Crippen molar-refractivity contribution in [1.29, 1.82) is 0 Å². The summed E-state index contributed by atoms with van der Waals surface area (Å²) in [6, 6.07) is 10.8. The van der Waals surface area contributed by atoms with Gasteiger partial charge in [-0.05, 0) is 36.9 Å². The molecule has 0 spiro atoms. The Labute approximate surface area is 125 Å². The fourth-order valence-corrected chi connectivity index (χ4v) is 2.81. The largest absolute Gasteiger partial charge is 0.481 e. The first-order chi connectivity index (χ1) is 10.3. The van der Waals surface area contributed by atoms with Crippen molar-refractivity contribution in [2.45, 2.75) is 31.2 Å². The lowest BCUT2D eigenvalue weighted by atomic mass is 9.80. The van der Waals surface area contributed by atoms with Gasteiger partial charge in [-0.1, -0.05) is 30.7 Å². The minimum absolute atomic E-state index is 0.0531. The molecule has 0 bridgehead atoms. The van der Waals surface area contributed by atoms with Crippen molar-refractivity contribution in [3.8, 4) is 5.88 Å². The Balaban J connectivity index is 1.84. The second kappa shape index (κ2) is 6.22. The molecule has 1 aromatic heterocycles. The van der Waals surface area contributed by atoms with Crippen molar-refractivity contribution >= 4 is 0 Å². The molecule has 1 saturated carbocycles. The maximum absolute atomic E-state index is 5.18. The number of rotatable bonds is 5. The smallest absolute Gasteiger partial charge is 0.216 e. The fraction of sp³-hybridized carbons (Fsp3) is 0.412. The number of hydrogen-bond donors (Lipinski definition) is 1. The lowest BCUT2D eigenvalue weighted by Crippen LogP contribution is -2.19. The average Bonchev–Trinajstić information content (AvgIpc) is 2.48. The predicted octanol–water partition coefficient (Wildman–Crippen LogP) is 3.06. The molecule has 1 atom stereocenters. The molecule has 4 heteroatoms. The van der Waals surface area contributed by atoms with Gasteiger partial charge in [-0.15, -0.1) is 0 Å². The van der Waals surface area contributed by atoms with Gasteiger partial charge in [0.1, 0.15) is 6.33 Å². The Morgan fingerprint density at radius 1 is 1.19 bits per heavy atom. The first kappa shape index (κ1) is 14.0. The molecule has 1 aromatic carbocycles. The van der Waals surface area contributed by atoms with E-state index in [-0.39, 0.29) is 6.04 Å². The average molecular weight is 283 g/mol. The van der Waals surface area contributed by atoms with Crippen molar-refractivity contribution in [3.63, 3.8) is 0 Å². The standard InChI is InChI=1S/C17H21N3O/c1-18-17(15-10-16(21-2)20-11-19-15)14-8-6-13(7-9-14)12-4-3-5-12/h6-12,17-18H,3-5H2,1-2H3. The molecule has 1 aliphatic carbocycles. The molecule has 3 rings (SSSR count). The first-order valence-corrected chi connectivity index (χ1v) is 7.45. The molecule has 110 valence electrons. The summed E-state index contributed by atoms with van der Waals surface area (Å²) in [4.78, 5) is 8.43. The third kappa shape index (κ3) is 2.90. The third-order valence-electron chi connectivity index (χ3n) is 4.30. The summed E-state index contributed by atoms with van der Waals surface area (Å²) in [5.41, 5.74) is 3.59. The minimum Gasteiger partial charge on any atom is -0.481 e. The summed E-state index contributed by atoms with van der Waals surface area (Å²) in [6.45, 7) is 0. The molecule has 0 aliphatic heterocycles. The lowest BCUT2D eigenvalue weighted by Gasteiger charge is -2.26. The Morgan fingerprint density at radius 3 is 2.52 bits per heavy atom. The van der Waals surface area contributed by atoms with E-state index in [0.29, 0.717) is 5.88 Å². The van der Waals surface area contributed by atoms with Crippen LogP contribution in [0.5, 0.6) is 5.88 Å². The second-order valence-electron chi connectivity index (χ2n) is 5.50.